The highest BCUT2D eigenvalue weighted by Gasteiger charge is 2.31. The number of carbonyl (C=O) groups excluding carboxylic acids is 1. The molecule has 0 fully saturated rings. The molecule has 6 rings (SSSR count). The van der Waals surface area contributed by atoms with Gasteiger partial charge >= 0.3 is 0 Å². The number of halogens is 2. The fraction of sp³-hybridized carbons (Fsp3) is 0.314. The van der Waals surface area contributed by atoms with Crippen molar-refractivity contribution in [3.63, 3.8) is 0 Å². The third-order valence-corrected chi connectivity index (χ3v) is 8.62. The predicted molar refractivity (Wildman–Crippen MR) is 173 cm³/mol. The standard InChI is InChI=1S/C35H36F2N6O4/c1-7-31(44)41(4)18-20(2)43-14-13-28(40-43)35-32(33-27(37)16-23(36)17-30(33)46-19-47-45-6)25-9-8-10-26(25)34(38-35)22-11-12-24-21(3)39-42(5)29(24)15-22/h7,11-17,20H,1,8-10,18-19H2,2-6H3/t20-/m0/s1. The van der Waals surface area contributed by atoms with E-state index in [-0.39, 0.29) is 30.1 Å². The maximum Gasteiger partial charge on any atom is 0.245 e. The van der Waals surface area contributed by atoms with E-state index in [1.54, 1.807) is 22.8 Å². The van der Waals surface area contributed by atoms with Crippen molar-refractivity contribution in [3.05, 3.63) is 83.7 Å². The minimum Gasteiger partial charge on any atom is -0.464 e. The van der Waals surface area contributed by atoms with Gasteiger partial charge in [-0.15, -0.1) is 0 Å². The van der Waals surface area contributed by atoms with Gasteiger partial charge in [0.2, 0.25) is 12.7 Å². The first-order valence-electron chi connectivity index (χ1n) is 15.3. The minimum absolute atomic E-state index is 0.0476. The van der Waals surface area contributed by atoms with Gasteiger partial charge in [-0.1, -0.05) is 18.7 Å². The minimum atomic E-state index is -0.800. The fourth-order valence-corrected chi connectivity index (χ4v) is 6.42. The van der Waals surface area contributed by atoms with Crippen molar-refractivity contribution in [2.75, 3.05) is 27.5 Å². The fourth-order valence-electron chi connectivity index (χ4n) is 6.42. The molecule has 3 heterocycles. The lowest BCUT2D eigenvalue weighted by atomic mass is 9.90. The molecule has 1 amide bonds. The van der Waals surface area contributed by atoms with E-state index in [2.05, 4.69) is 22.6 Å². The number of aryl methyl sites for hydroxylation is 2. The smallest absolute Gasteiger partial charge is 0.245 e. The Morgan fingerprint density at radius 1 is 1.11 bits per heavy atom. The summed E-state index contributed by atoms with van der Waals surface area (Å²) in [6.45, 7) is 7.48. The number of fused-ring (bicyclic) bond motifs is 2. The van der Waals surface area contributed by atoms with E-state index in [0.717, 1.165) is 64.0 Å². The van der Waals surface area contributed by atoms with Crippen LogP contribution in [0.1, 0.15) is 36.2 Å². The van der Waals surface area contributed by atoms with Gasteiger partial charge in [-0.25, -0.2) is 18.7 Å². The second kappa shape index (κ2) is 13.0. The zero-order valence-electron chi connectivity index (χ0n) is 27.0. The first kappa shape index (κ1) is 32.0. The predicted octanol–water partition coefficient (Wildman–Crippen LogP) is 6.36. The molecular formula is C35H36F2N6O4. The van der Waals surface area contributed by atoms with Crippen molar-refractivity contribution in [1.29, 1.82) is 0 Å². The third kappa shape index (κ3) is 6.01. The zero-order valence-corrected chi connectivity index (χ0v) is 27.0. The molecule has 1 aliphatic rings. The molecule has 244 valence electrons. The van der Waals surface area contributed by atoms with Crippen molar-refractivity contribution in [1.82, 2.24) is 29.4 Å². The molecule has 0 saturated carbocycles. The highest BCUT2D eigenvalue weighted by atomic mass is 19.1. The highest BCUT2D eigenvalue weighted by Crippen LogP contribution is 2.47. The Morgan fingerprint density at radius 2 is 1.89 bits per heavy atom. The molecule has 0 radical (unpaired) electrons. The largest absolute Gasteiger partial charge is 0.464 e. The van der Waals surface area contributed by atoms with Crippen molar-refractivity contribution in [2.45, 2.75) is 39.2 Å². The molecule has 3 aromatic heterocycles. The van der Waals surface area contributed by atoms with Crippen LogP contribution < -0.4 is 4.74 Å². The molecule has 0 unspecified atom stereocenters. The second-order valence-corrected chi connectivity index (χ2v) is 11.7. The Kier molecular flexibility index (Phi) is 8.89. The maximum atomic E-state index is 16.0. The number of hydrogen-bond donors (Lipinski definition) is 0. The lowest BCUT2D eigenvalue weighted by Gasteiger charge is -2.21. The highest BCUT2D eigenvalue weighted by molar-refractivity contribution is 5.91. The number of pyridine rings is 1. The molecule has 1 atom stereocenters. The van der Waals surface area contributed by atoms with Crippen LogP contribution in [0, 0.1) is 18.6 Å². The number of likely N-dealkylation sites (N-methyl/N-ethyl adjacent to an activating group) is 1. The van der Waals surface area contributed by atoms with E-state index in [1.807, 2.05) is 43.8 Å². The van der Waals surface area contributed by atoms with Crippen molar-refractivity contribution >= 4 is 16.8 Å². The average Bonchev–Trinajstić information content (AvgIpc) is 3.80. The molecule has 10 nitrogen and oxygen atoms in total. The van der Waals surface area contributed by atoms with E-state index in [1.165, 1.54) is 13.2 Å². The summed E-state index contributed by atoms with van der Waals surface area (Å²) in [7, 11) is 4.92. The lowest BCUT2D eigenvalue weighted by molar-refractivity contribution is -0.303. The van der Waals surface area contributed by atoms with E-state index in [9.17, 15) is 9.18 Å². The maximum absolute atomic E-state index is 16.0. The quantitative estimate of drug-likeness (QED) is 0.0544. The number of ether oxygens (including phenoxy) is 1. The monoisotopic (exact) mass is 642 g/mol. The van der Waals surface area contributed by atoms with Gasteiger partial charge in [0.15, 0.2) is 0 Å². The van der Waals surface area contributed by atoms with Crippen LogP contribution in [-0.2, 0) is 34.5 Å². The Hall–Kier alpha value is -4.94. The van der Waals surface area contributed by atoms with Gasteiger partial charge in [0.25, 0.3) is 0 Å². The lowest BCUT2D eigenvalue weighted by Crippen LogP contribution is -2.30. The van der Waals surface area contributed by atoms with Crippen LogP contribution in [0.4, 0.5) is 8.78 Å². The summed E-state index contributed by atoms with van der Waals surface area (Å²) in [4.78, 5) is 28.5. The van der Waals surface area contributed by atoms with Gasteiger partial charge in [0.1, 0.15) is 23.1 Å². The van der Waals surface area contributed by atoms with Gasteiger partial charge in [0, 0.05) is 55.5 Å². The number of amides is 1. The average molecular weight is 643 g/mol. The van der Waals surface area contributed by atoms with Gasteiger partial charge in [0.05, 0.1) is 41.3 Å². The van der Waals surface area contributed by atoms with Gasteiger partial charge in [-0.2, -0.15) is 15.1 Å². The Balaban J connectivity index is 1.57. The van der Waals surface area contributed by atoms with Crippen molar-refractivity contribution < 1.29 is 28.1 Å². The van der Waals surface area contributed by atoms with Gasteiger partial charge in [-0.05, 0) is 62.4 Å². The first-order chi connectivity index (χ1) is 22.6. The molecular weight excluding hydrogens is 606 g/mol. The zero-order chi connectivity index (χ0) is 33.4. The van der Waals surface area contributed by atoms with E-state index < -0.39 is 11.6 Å². The first-order valence-corrected chi connectivity index (χ1v) is 15.3. The van der Waals surface area contributed by atoms with Gasteiger partial charge < -0.3 is 9.64 Å². The normalized spacial score (nSPS) is 13.2. The molecule has 0 saturated heterocycles. The molecule has 2 aromatic carbocycles. The van der Waals surface area contributed by atoms with Crippen molar-refractivity contribution in [3.8, 4) is 39.5 Å². The van der Waals surface area contributed by atoms with Crippen molar-refractivity contribution in [2.24, 2.45) is 7.05 Å². The Labute approximate surface area is 271 Å². The molecule has 0 N–H and O–H groups in total. The summed E-state index contributed by atoms with van der Waals surface area (Å²) in [6, 6.07) is 9.73. The summed E-state index contributed by atoms with van der Waals surface area (Å²) in [5, 5.41) is 10.5. The molecule has 0 spiro atoms. The molecule has 5 aromatic rings. The topological polar surface area (TPSA) is 96.5 Å². The molecule has 12 heteroatoms. The SMILES string of the molecule is C=CC(=O)N(C)C[C@H](C)n1ccc(-c2nc(-c3ccc4c(C)nn(C)c4c3)c3c(c2-c2c(F)cc(F)cc2OCOOC)CCC3)n1. The van der Waals surface area contributed by atoms with E-state index >= 15 is 4.39 Å². The number of nitrogens with zero attached hydrogens (tertiary/aromatic N) is 6. The Bertz CT molecular complexity index is 2000. The van der Waals surface area contributed by atoms with Crippen LogP contribution in [0.3, 0.4) is 0 Å². The number of rotatable bonds is 11. The summed E-state index contributed by atoms with van der Waals surface area (Å²) >= 11 is 0. The Morgan fingerprint density at radius 3 is 2.66 bits per heavy atom. The summed E-state index contributed by atoms with van der Waals surface area (Å²) in [5.74, 6) is -1.84. The summed E-state index contributed by atoms with van der Waals surface area (Å²) in [5.41, 5.74) is 6.91. The number of carbonyl (C=O) groups is 1. The molecule has 47 heavy (non-hydrogen) atoms. The van der Waals surface area contributed by atoms with E-state index in [0.29, 0.717) is 29.9 Å². The number of benzene rings is 2. The molecule has 0 bridgehead atoms. The molecule has 0 aliphatic heterocycles. The van der Waals surface area contributed by atoms with Crippen LogP contribution >= 0.6 is 0 Å². The number of aromatic nitrogens is 5. The summed E-state index contributed by atoms with van der Waals surface area (Å²) < 4.78 is 39.9. The number of hydrogen-bond acceptors (Lipinski definition) is 7. The van der Waals surface area contributed by atoms with Crippen LogP contribution in [0.2, 0.25) is 0 Å². The summed E-state index contributed by atoms with van der Waals surface area (Å²) in [6.07, 6.45) is 5.28. The van der Waals surface area contributed by atoms with E-state index in [4.69, 9.17) is 19.7 Å². The third-order valence-electron chi connectivity index (χ3n) is 8.62. The van der Waals surface area contributed by atoms with Crippen LogP contribution in [-0.4, -0.2) is 62.8 Å². The van der Waals surface area contributed by atoms with Crippen LogP contribution in [0.15, 0.2) is 55.3 Å². The second-order valence-electron chi connectivity index (χ2n) is 11.7. The van der Waals surface area contributed by atoms with Crippen LogP contribution in [0.25, 0.3) is 44.7 Å². The molecule has 1 aliphatic carbocycles. The van der Waals surface area contributed by atoms with Gasteiger partial charge in [-0.3, -0.25) is 14.2 Å². The van der Waals surface area contributed by atoms with Crippen LogP contribution in [0.5, 0.6) is 5.75 Å².